The van der Waals surface area contributed by atoms with Gasteiger partial charge in [0.05, 0.1) is 12.1 Å². The van der Waals surface area contributed by atoms with Crippen LogP contribution in [0.1, 0.15) is 37.8 Å². The van der Waals surface area contributed by atoms with E-state index in [4.69, 9.17) is 0 Å². The first-order valence-electron chi connectivity index (χ1n) is 11.2. The maximum absolute atomic E-state index is 11.6. The minimum absolute atomic E-state index is 0.0256. The van der Waals surface area contributed by atoms with Crippen molar-refractivity contribution in [1.82, 2.24) is 21.3 Å². The molecule has 0 fully saturated rings. The van der Waals surface area contributed by atoms with Gasteiger partial charge >= 0.3 is 0 Å². The maximum atomic E-state index is 11.6. The van der Waals surface area contributed by atoms with E-state index in [9.17, 15) is 19.2 Å². The van der Waals surface area contributed by atoms with Gasteiger partial charge in [-0.1, -0.05) is 60.7 Å². The molecule has 4 N–H and O–H groups in total. The number of hydrogen-bond donors (Lipinski definition) is 4. The number of nitrogens with one attached hydrogen (secondary N) is 4. The molecule has 184 valence electrons. The fourth-order valence-electron chi connectivity index (χ4n) is 3.01. The quantitative estimate of drug-likeness (QED) is 0.377. The van der Waals surface area contributed by atoms with Gasteiger partial charge in [0.2, 0.25) is 11.8 Å². The molecule has 0 aromatic heterocycles. The van der Waals surface area contributed by atoms with Gasteiger partial charge in [0, 0.05) is 25.9 Å². The summed E-state index contributed by atoms with van der Waals surface area (Å²) in [5, 5.41) is 11.2. The summed E-state index contributed by atoms with van der Waals surface area (Å²) >= 11 is 0. The molecule has 2 unspecified atom stereocenters. The number of carbonyl (C=O) groups is 4. The molecule has 2 aromatic carbocycles. The van der Waals surface area contributed by atoms with Crippen molar-refractivity contribution in [1.29, 1.82) is 0 Å². The van der Waals surface area contributed by atoms with E-state index in [-0.39, 0.29) is 36.2 Å². The predicted octanol–water partition coefficient (Wildman–Crippen LogP) is 1.74. The average Bonchev–Trinajstić information content (AvgIpc) is 2.84. The Kier molecular flexibility index (Phi) is 13.7. The van der Waals surface area contributed by atoms with Crippen LogP contribution in [0.25, 0.3) is 0 Å². The van der Waals surface area contributed by atoms with Crippen molar-refractivity contribution in [2.75, 3.05) is 14.1 Å². The zero-order chi connectivity index (χ0) is 25.3. The van der Waals surface area contributed by atoms with E-state index in [1.165, 1.54) is 13.8 Å². The zero-order valence-corrected chi connectivity index (χ0v) is 20.4. The van der Waals surface area contributed by atoms with Gasteiger partial charge in [0.1, 0.15) is 11.6 Å². The van der Waals surface area contributed by atoms with Gasteiger partial charge in [-0.15, -0.1) is 0 Å². The molecule has 0 bridgehead atoms. The highest BCUT2D eigenvalue weighted by Crippen LogP contribution is 2.00. The number of amides is 2. The lowest BCUT2D eigenvalue weighted by atomic mass is 10.1. The lowest BCUT2D eigenvalue weighted by molar-refractivity contribution is -0.126. The summed E-state index contributed by atoms with van der Waals surface area (Å²) in [6, 6.07) is 18.5. The predicted molar refractivity (Wildman–Crippen MR) is 133 cm³/mol. The second-order valence-corrected chi connectivity index (χ2v) is 7.84. The molecular weight excluding hydrogens is 432 g/mol. The second kappa shape index (κ2) is 16.3. The topological polar surface area (TPSA) is 116 Å². The minimum Gasteiger partial charge on any atom is -0.352 e. The number of benzene rings is 2. The molecule has 0 spiro atoms. The smallest absolute Gasteiger partial charge is 0.222 e. The third kappa shape index (κ3) is 12.0. The molecule has 2 rings (SSSR count). The summed E-state index contributed by atoms with van der Waals surface area (Å²) in [4.78, 5) is 45.5. The summed E-state index contributed by atoms with van der Waals surface area (Å²) in [5.41, 5.74) is 2.09. The summed E-state index contributed by atoms with van der Waals surface area (Å²) in [7, 11) is 3.35. The molecular formula is C26H36N4O4. The highest BCUT2D eigenvalue weighted by Gasteiger charge is 2.16. The van der Waals surface area contributed by atoms with E-state index >= 15 is 0 Å². The maximum Gasteiger partial charge on any atom is 0.222 e. The average molecular weight is 469 g/mol. The number of carbonyl (C=O) groups excluding carboxylic acids is 4. The summed E-state index contributed by atoms with van der Waals surface area (Å²) in [6.45, 7) is 3.94. The Balaban J connectivity index is 0.000000340. The Hall–Kier alpha value is -3.36. The van der Waals surface area contributed by atoms with Crippen LogP contribution in [0.15, 0.2) is 60.7 Å². The first-order chi connectivity index (χ1) is 16.3. The third-order valence-electron chi connectivity index (χ3n) is 5.12. The van der Waals surface area contributed by atoms with Crippen LogP contribution in [0.3, 0.4) is 0 Å². The van der Waals surface area contributed by atoms with Crippen molar-refractivity contribution >= 4 is 23.4 Å². The van der Waals surface area contributed by atoms with Gasteiger partial charge in [-0.2, -0.15) is 0 Å². The van der Waals surface area contributed by atoms with Crippen molar-refractivity contribution in [3.05, 3.63) is 71.8 Å². The monoisotopic (exact) mass is 468 g/mol. The molecule has 0 aliphatic rings. The van der Waals surface area contributed by atoms with Gasteiger partial charge in [0.25, 0.3) is 0 Å². The van der Waals surface area contributed by atoms with Crippen molar-refractivity contribution < 1.29 is 19.2 Å². The van der Waals surface area contributed by atoms with Crippen LogP contribution >= 0.6 is 0 Å². The Bertz CT molecular complexity index is 828. The molecule has 8 nitrogen and oxygen atoms in total. The molecule has 0 saturated carbocycles. The molecule has 0 aliphatic carbocycles. The zero-order valence-electron chi connectivity index (χ0n) is 20.4. The van der Waals surface area contributed by atoms with Crippen molar-refractivity contribution in [2.24, 2.45) is 0 Å². The Morgan fingerprint density at radius 2 is 0.941 bits per heavy atom. The number of hydrogen-bond acceptors (Lipinski definition) is 6. The van der Waals surface area contributed by atoms with E-state index < -0.39 is 12.1 Å². The standard InChI is InChI=1S/2C13H18N2O2/c2*1-10(16)12(14-2)8-13(17)15-9-11-6-4-3-5-7-11/h2*3-7,12,14H,8-9H2,1-2H3,(H,15,17). The van der Waals surface area contributed by atoms with Crippen LogP contribution in [-0.2, 0) is 32.3 Å². The molecule has 8 heteroatoms. The van der Waals surface area contributed by atoms with Crippen LogP contribution in [0.5, 0.6) is 0 Å². The Labute approximate surface area is 201 Å². The number of Topliss-reactive ketones (excluding diaryl/α,β-unsaturated/α-hetero) is 2. The van der Waals surface area contributed by atoms with E-state index in [0.717, 1.165) is 11.1 Å². The van der Waals surface area contributed by atoms with E-state index in [1.807, 2.05) is 60.7 Å². The van der Waals surface area contributed by atoms with Gasteiger partial charge in [0.15, 0.2) is 0 Å². The summed E-state index contributed by atoms with van der Waals surface area (Å²) < 4.78 is 0. The van der Waals surface area contributed by atoms with Crippen molar-refractivity contribution in [2.45, 2.75) is 51.9 Å². The molecule has 0 aliphatic heterocycles. The number of ketones is 2. The molecule has 2 amide bonds. The largest absolute Gasteiger partial charge is 0.352 e. The highest BCUT2D eigenvalue weighted by molar-refractivity contribution is 5.88. The Morgan fingerprint density at radius 3 is 1.21 bits per heavy atom. The fourth-order valence-corrected chi connectivity index (χ4v) is 3.01. The highest BCUT2D eigenvalue weighted by atomic mass is 16.2. The van der Waals surface area contributed by atoms with E-state index in [2.05, 4.69) is 21.3 Å². The van der Waals surface area contributed by atoms with Crippen molar-refractivity contribution in [3.8, 4) is 0 Å². The Morgan fingerprint density at radius 1 is 0.618 bits per heavy atom. The normalized spacial score (nSPS) is 11.9. The second-order valence-electron chi connectivity index (χ2n) is 7.84. The van der Waals surface area contributed by atoms with Gasteiger partial charge in [-0.25, -0.2) is 0 Å². The first kappa shape index (κ1) is 28.7. The number of rotatable bonds is 12. The summed E-state index contributed by atoms with van der Waals surface area (Å²) in [5.74, 6) is -0.295. The fraction of sp³-hybridized carbons (Fsp3) is 0.385. The molecule has 0 radical (unpaired) electrons. The number of likely N-dealkylation sites (N-methyl/N-ethyl adjacent to an activating group) is 2. The van der Waals surface area contributed by atoms with E-state index in [1.54, 1.807) is 14.1 Å². The van der Waals surface area contributed by atoms with Crippen LogP contribution in [0.4, 0.5) is 0 Å². The SMILES string of the molecule is CNC(CC(=O)NCc1ccccc1)C(C)=O.CNC(CC(=O)NCc1ccccc1)C(C)=O. The van der Waals surface area contributed by atoms with Gasteiger partial charge in [-0.05, 0) is 39.1 Å². The lowest BCUT2D eigenvalue weighted by Crippen LogP contribution is -2.38. The summed E-state index contributed by atoms with van der Waals surface area (Å²) in [6.07, 6.45) is 0.358. The lowest BCUT2D eigenvalue weighted by Gasteiger charge is -2.12. The molecule has 0 saturated heterocycles. The van der Waals surface area contributed by atoms with Crippen LogP contribution in [-0.4, -0.2) is 49.6 Å². The van der Waals surface area contributed by atoms with Crippen molar-refractivity contribution in [3.63, 3.8) is 0 Å². The molecule has 0 heterocycles. The minimum atomic E-state index is -0.397. The first-order valence-corrected chi connectivity index (χ1v) is 11.2. The molecule has 34 heavy (non-hydrogen) atoms. The molecule has 2 aromatic rings. The van der Waals surface area contributed by atoms with Gasteiger partial charge < -0.3 is 21.3 Å². The van der Waals surface area contributed by atoms with Gasteiger partial charge in [-0.3, -0.25) is 19.2 Å². The van der Waals surface area contributed by atoms with Crippen LogP contribution < -0.4 is 21.3 Å². The molecule has 2 atom stereocenters. The van der Waals surface area contributed by atoms with Crippen LogP contribution in [0, 0.1) is 0 Å². The third-order valence-corrected chi connectivity index (χ3v) is 5.12. The van der Waals surface area contributed by atoms with Crippen LogP contribution in [0.2, 0.25) is 0 Å². The van der Waals surface area contributed by atoms with E-state index in [0.29, 0.717) is 13.1 Å².